The molecular weight excluding hydrogens is 361 g/mol. The van der Waals surface area contributed by atoms with Crippen molar-refractivity contribution in [3.05, 3.63) is 29.8 Å². The molecule has 0 aliphatic carbocycles. The van der Waals surface area contributed by atoms with Crippen molar-refractivity contribution in [3.63, 3.8) is 0 Å². The summed E-state index contributed by atoms with van der Waals surface area (Å²) in [5.41, 5.74) is 0.369. The van der Waals surface area contributed by atoms with Gasteiger partial charge in [0.2, 0.25) is 0 Å². The van der Waals surface area contributed by atoms with E-state index in [1.165, 1.54) is 12.1 Å². The maximum absolute atomic E-state index is 12.5. The molecule has 1 aromatic carbocycles. The minimum Gasteiger partial charge on any atom is -0.405 e. The first-order chi connectivity index (χ1) is 12.9. The Balaban J connectivity index is 1.96. The summed E-state index contributed by atoms with van der Waals surface area (Å²) in [7, 11) is 0. The van der Waals surface area contributed by atoms with Crippen LogP contribution in [0, 0.1) is 0 Å². The normalized spacial score (nSPS) is 17.4. The number of hydrogen-bond acceptors (Lipinski definition) is 4. The molecule has 152 valence electrons. The summed E-state index contributed by atoms with van der Waals surface area (Å²) in [5.74, 6) is 0.325. The van der Waals surface area contributed by atoms with Gasteiger partial charge >= 0.3 is 6.36 Å². The Morgan fingerprint density at radius 1 is 1.26 bits per heavy atom. The van der Waals surface area contributed by atoms with E-state index in [1.807, 2.05) is 6.92 Å². The van der Waals surface area contributed by atoms with Crippen molar-refractivity contribution in [1.29, 1.82) is 0 Å². The maximum atomic E-state index is 12.5. The number of hydrogen-bond donors (Lipinski definition) is 2. The van der Waals surface area contributed by atoms with E-state index < -0.39 is 6.36 Å². The van der Waals surface area contributed by atoms with Gasteiger partial charge in [0.05, 0.1) is 19.8 Å². The zero-order chi connectivity index (χ0) is 19.7. The highest BCUT2D eigenvalue weighted by Gasteiger charge is 2.31. The highest BCUT2D eigenvalue weighted by Crippen LogP contribution is 2.26. The minimum absolute atomic E-state index is 0.0769. The molecule has 1 saturated heterocycles. The first-order valence-electron chi connectivity index (χ1n) is 9.06. The predicted octanol–water partition coefficient (Wildman–Crippen LogP) is 2.36. The number of aliphatic imine (C=N–C) groups is 1. The molecule has 2 N–H and O–H groups in total. The van der Waals surface area contributed by atoms with Crippen LogP contribution in [-0.2, 0) is 11.3 Å². The van der Waals surface area contributed by atoms with Crippen molar-refractivity contribution in [3.8, 4) is 5.75 Å². The SMILES string of the molecule is CCNC(=NCc1ccccc1OC(F)(F)F)NCC(C)N1CCOCC1. The quantitative estimate of drug-likeness (QED) is 0.555. The molecular formula is C18H27F3N4O2. The molecule has 0 spiro atoms. The number of ether oxygens (including phenoxy) is 2. The van der Waals surface area contributed by atoms with Crippen molar-refractivity contribution >= 4 is 5.96 Å². The zero-order valence-electron chi connectivity index (χ0n) is 15.7. The molecule has 0 amide bonds. The summed E-state index contributed by atoms with van der Waals surface area (Å²) >= 11 is 0. The number of nitrogens with zero attached hydrogens (tertiary/aromatic N) is 2. The number of benzene rings is 1. The molecule has 1 fully saturated rings. The highest BCUT2D eigenvalue weighted by molar-refractivity contribution is 5.79. The third-order valence-corrected chi connectivity index (χ3v) is 4.18. The van der Waals surface area contributed by atoms with Crippen LogP contribution >= 0.6 is 0 Å². The second kappa shape index (κ2) is 10.4. The van der Waals surface area contributed by atoms with Crippen LogP contribution in [0.3, 0.4) is 0 Å². The lowest BCUT2D eigenvalue weighted by molar-refractivity contribution is -0.274. The van der Waals surface area contributed by atoms with Gasteiger partial charge in [-0.05, 0) is 19.9 Å². The molecule has 1 aromatic rings. The number of para-hydroxylation sites is 1. The van der Waals surface area contributed by atoms with Gasteiger partial charge < -0.3 is 20.1 Å². The monoisotopic (exact) mass is 388 g/mol. The topological polar surface area (TPSA) is 58.1 Å². The van der Waals surface area contributed by atoms with E-state index in [0.717, 1.165) is 26.3 Å². The first kappa shape index (κ1) is 21.3. The first-order valence-corrected chi connectivity index (χ1v) is 9.06. The number of rotatable bonds is 7. The average Bonchev–Trinajstić information content (AvgIpc) is 2.64. The van der Waals surface area contributed by atoms with Crippen molar-refractivity contribution in [2.75, 3.05) is 39.4 Å². The minimum atomic E-state index is -4.73. The zero-order valence-corrected chi connectivity index (χ0v) is 15.7. The van der Waals surface area contributed by atoms with Gasteiger partial charge in [0.1, 0.15) is 5.75 Å². The second-order valence-corrected chi connectivity index (χ2v) is 6.23. The molecule has 1 aliphatic heterocycles. The second-order valence-electron chi connectivity index (χ2n) is 6.23. The lowest BCUT2D eigenvalue weighted by Crippen LogP contribution is -2.49. The van der Waals surface area contributed by atoms with E-state index in [0.29, 0.717) is 30.7 Å². The van der Waals surface area contributed by atoms with Crippen molar-refractivity contribution < 1.29 is 22.6 Å². The lowest BCUT2D eigenvalue weighted by atomic mass is 10.2. The van der Waals surface area contributed by atoms with Gasteiger partial charge in [-0.1, -0.05) is 18.2 Å². The van der Waals surface area contributed by atoms with Crippen LogP contribution < -0.4 is 15.4 Å². The van der Waals surface area contributed by atoms with Gasteiger partial charge in [0.25, 0.3) is 0 Å². The average molecular weight is 388 g/mol. The van der Waals surface area contributed by atoms with Crippen LogP contribution in [-0.4, -0.2) is 62.7 Å². The van der Waals surface area contributed by atoms with E-state index in [1.54, 1.807) is 12.1 Å². The Kier molecular flexibility index (Phi) is 8.18. The van der Waals surface area contributed by atoms with Crippen LogP contribution in [0.2, 0.25) is 0 Å². The third kappa shape index (κ3) is 7.64. The van der Waals surface area contributed by atoms with Crippen molar-refractivity contribution in [1.82, 2.24) is 15.5 Å². The molecule has 27 heavy (non-hydrogen) atoms. The molecule has 2 rings (SSSR count). The summed E-state index contributed by atoms with van der Waals surface area (Å²) in [5, 5.41) is 6.36. The van der Waals surface area contributed by atoms with Gasteiger partial charge in [-0.3, -0.25) is 4.90 Å². The Labute approximate surface area is 157 Å². The van der Waals surface area contributed by atoms with Gasteiger partial charge in [0, 0.05) is 37.8 Å². The van der Waals surface area contributed by atoms with E-state index in [-0.39, 0.29) is 12.3 Å². The van der Waals surface area contributed by atoms with E-state index >= 15 is 0 Å². The predicted molar refractivity (Wildman–Crippen MR) is 97.8 cm³/mol. The van der Waals surface area contributed by atoms with Crippen LogP contribution in [0.1, 0.15) is 19.4 Å². The van der Waals surface area contributed by atoms with Crippen LogP contribution in [0.4, 0.5) is 13.2 Å². The maximum Gasteiger partial charge on any atom is 0.573 e. The Bertz CT molecular complexity index is 605. The number of morpholine rings is 1. The van der Waals surface area contributed by atoms with E-state index in [9.17, 15) is 13.2 Å². The molecule has 1 unspecified atom stereocenters. The summed E-state index contributed by atoms with van der Waals surface area (Å²) in [6.45, 7) is 8.69. The Morgan fingerprint density at radius 2 is 1.96 bits per heavy atom. The van der Waals surface area contributed by atoms with Crippen LogP contribution in [0.15, 0.2) is 29.3 Å². The fourth-order valence-corrected chi connectivity index (χ4v) is 2.76. The molecule has 0 saturated carbocycles. The van der Waals surface area contributed by atoms with Gasteiger partial charge in [-0.15, -0.1) is 13.2 Å². The summed E-state index contributed by atoms with van der Waals surface area (Å²) < 4.78 is 47.0. The van der Waals surface area contributed by atoms with E-state index in [4.69, 9.17) is 4.74 Å². The van der Waals surface area contributed by atoms with Gasteiger partial charge in [-0.2, -0.15) is 0 Å². The molecule has 9 heteroatoms. The lowest BCUT2D eigenvalue weighted by Gasteiger charge is -2.32. The molecule has 0 bridgehead atoms. The molecule has 1 heterocycles. The number of guanidine groups is 1. The highest BCUT2D eigenvalue weighted by atomic mass is 19.4. The Hall–Kier alpha value is -2.00. The van der Waals surface area contributed by atoms with Crippen molar-refractivity contribution in [2.45, 2.75) is 32.8 Å². The largest absolute Gasteiger partial charge is 0.573 e. The van der Waals surface area contributed by atoms with E-state index in [2.05, 4.69) is 32.2 Å². The standard InChI is InChI=1S/C18H27F3N4O2/c1-3-22-17(23-12-14(2)25-8-10-26-11-9-25)24-13-15-6-4-5-7-16(15)27-18(19,20)21/h4-7,14H,3,8-13H2,1-2H3,(H2,22,23,24). The number of halogens is 3. The number of alkyl halides is 3. The summed E-state index contributed by atoms with van der Waals surface area (Å²) in [6, 6.07) is 6.32. The fraction of sp³-hybridized carbons (Fsp3) is 0.611. The summed E-state index contributed by atoms with van der Waals surface area (Å²) in [4.78, 5) is 6.72. The Morgan fingerprint density at radius 3 is 2.63 bits per heavy atom. The molecule has 1 atom stereocenters. The molecule has 6 nitrogen and oxygen atoms in total. The van der Waals surface area contributed by atoms with Crippen LogP contribution in [0.25, 0.3) is 0 Å². The molecule has 0 aromatic heterocycles. The molecule has 0 radical (unpaired) electrons. The molecule has 1 aliphatic rings. The van der Waals surface area contributed by atoms with Crippen molar-refractivity contribution in [2.24, 2.45) is 4.99 Å². The van der Waals surface area contributed by atoms with Gasteiger partial charge in [-0.25, -0.2) is 4.99 Å². The third-order valence-electron chi connectivity index (χ3n) is 4.18. The fourth-order valence-electron chi connectivity index (χ4n) is 2.76. The summed E-state index contributed by atoms with van der Waals surface area (Å²) in [6.07, 6.45) is -4.73. The number of nitrogens with one attached hydrogen (secondary N) is 2. The van der Waals surface area contributed by atoms with Gasteiger partial charge in [0.15, 0.2) is 5.96 Å². The van der Waals surface area contributed by atoms with Crippen LogP contribution in [0.5, 0.6) is 5.75 Å². The smallest absolute Gasteiger partial charge is 0.405 e.